The van der Waals surface area contributed by atoms with Crippen LogP contribution in [0.15, 0.2) is 48.8 Å². The molecule has 1 atom stereocenters. The second-order valence-corrected chi connectivity index (χ2v) is 8.70. The number of piperazine rings is 1. The van der Waals surface area contributed by atoms with Gasteiger partial charge in [0.1, 0.15) is 38.5 Å². The number of quaternary nitrogens is 2. The molecule has 0 aliphatic carbocycles. The number of tetrazole rings is 1. The van der Waals surface area contributed by atoms with Gasteiger partial charge in [0, 0.05) is 23.9 Å². The number of methoxy groups -OCH3 is 1. The molecule has 1 saturated heterocycles. The first-order valence-electron chi connectivity index (χ1n) is 11.1. The van der Waals surface area contributed by atoms with Gasteiger partial charge in [0.15, 0.2) is 6.04 Å². The zero-order valence-corrected chi connectivity index (χ0v) is 18.7. The maximum absolute atomic E-state index is 5.27. The maximum Gasteiger partial charge on any atom is 0.209 e. The van der Waals surface area contributed by atoms with Crippen LogP contribution in [0.1, 0.15) is 36.8 Å². The number of nitrogens with one attached hydrogen (secondary N) is 2. The van der Waals surface area contributed by atoms with Crippen molar-refractivity contribution in [1.82, 2.24) is 25.2 Å². The Morgan fingerprint density at radius 2 is 1.68 bits per heavy atom. The molecule has 0 unspecified atom stereocenters. The molecular weight excluding hydrogens is 390 g/mol. The molecule has 8 nitrogen and oxygen atoms in total. The molecule has 8 heteroatoms. The lowest BCUT2D eigenvalue weighted by molar-refractivity contribution is -1.03. The quantitative estimate of drug-likeness (QED) is 0.525. The number of hydrogen-bond acceptors (Lipinski definition) is 5. The molecule has 4 rings (SSSR count). The molecule has 0 spiro atoms. The third-order valence-corrected chi connectivity index (χ3v) is 6.24. The number of hydrogen-bond donors (Lipinski definition) is 2. The van der Waals surface area contributed by atoms with Gasteiger partial charge < -0.3 is 14.5 Å². The Hall–Kier alpha value is -2.84. The Balaban J connectivity index is 1.43. The van der Waals surface area contributed by atoms with E-state index < -0.39 is 0 Å². The minimum Gasteiger partial charge on any atom is -0.497 e. The number of rotatable bonds is 8. The molecule has 2 aromatic heterocycles. The summed E-state index contributed by atoms with van der Waals surface area (Å²) >= 11 is 0. The summed E-state index contributed by atoms with van der Waals surface area (Å²) in [5.74, 6) is 2.30. The van der Waals surface area contributed by atoms with Crippen molar-refractivity contribution in [3.05, 3.63) is 65.7 Å². The molecular formula is C23H33N7O+2. The number of benzene rings is 1. The van der Waals surface area contributed by atoms with Crippen molar-refractivity contribution >= 4 is 0 Å². The summed E-state index contributed by atoms with van der Waals surface area (Å²) in [6.07, 6.45) is 3.77. The average molecular weight is 424 g/mol. The normalized spacial score (nSPS) is 20.0. The summed E-state index contributed by atoms with van der Waals surface area (Å²) < 4.78 is 7.24. The molecule has 3 heterocycles. The molecule has 1 aliphatic heterocycles. The van der Waals surface area contributed by atoms with Crippen LogP contribution >= 0.6 is 0 Å². The lowest BCUT2D eigenvalue weighted by atomic mass is 10.0. The lowest BCUT2D eigenvalue weighted by Crippen LogP contribution is -3.27. The van der Waals surface area contributed by atoms with E-state index in [-0.39, 0.29) is 6.04 Å². The van der Waals surface area contributed by atoms with E-state index in [2.05, 4.69) is 58.6 Å². The Kier molecular flexibility index (Phi) is 6.89. The van der Waals surface area contributed by atoms with Crippen LogP contribution in [-0.2, 0) is 13.1 Å². The topological polar surface area (TPSA) is 74.6 Å². The van der Waals surface area contributed by atoms with E-state index in [1.165, 1.54) is 11.1 Å². The van der Waals surface area contributed by atoms with Gasteiger partial charge in [-0.1, -0.05) is 26.0 Å². The van der Waals surface area contributed by atoms with Crippen LogP contribution in [0.25, 0.3) is 0 Å². The van der Waals surface area contributed by atoms with Crippen LogP contribution in [0.2, 0.25) is 0 Å². The number of ether oxygens (including phenoxy) is 1. The van der Waals surface area contributed by atoms with E-state index >= 15 is 0 Å². The molecule has 1 aromatic carbocycles. The summed E-state index contributed by atoms with van der Waals surface area (Å²) in [6.45, 7) is 10.8. The Labute approximate surface area is 183 Å². The number of nitrogens with zero attached hydrogens (tertiary/aromatic N) is 5. The highest BCUT2D eigenvalue weighted by Crippen LogP contribution is 2.18. The van der Waals surface area contributed by atoms with Crippen molar-refractivity contribution in [2.75, 3.05) is 33.3 Å². The van der Waals surface area contributed by atoms with Gasteiger partial charge >= 0.3 is 0 Å². The van der Waals surface area contributed by atoms with Crippen LogP contribution < -0.4 is 14.5 Å². The van der Waals surface area contributed by atoms with Crippen LogP contribution in [-0.4, -0.2) is 58.5 Å². The molecule has 3 aromatic rings. The van der Waals surface area contributed by atoms with Crippen LogP contribution in [0, 0.1) is 5.92 Å². The molecule has 2 N–H and O–H groups in total. The van der Waals surface area contributed by atoms with E-state index in [9.17, 15) is 0 Å². The number of aromatic nitrogens is 5. The zero-order chi connectivity index (χ0) is 21.6. The van der Waals surface area contributed by atoms with Crippen molar-refractivity contribution in [2.24, 2.45) is 5.92 Å². The molecule has 164 valence electrons. The Morgan fingerprint density at radius 3 is 2.32 bits per heavy atom. The van der Waals surface area contributed by atoms with Crippen LogP contribution in [0.3, 0.4) is 0 Å². The third-order valence-electron chi connectivity index (χ3n) is 6.24. The van der Waals surface area contributed by atoms with E-state index in [1.54, 1.807) is 16.9 Å². The highest BCUT2D eigenvalue weighted by atomic mass is 16.5. The smallest absolute Gasteiger partial charge is 0.209 e. The third kappa shape index (κ3) is 5.26. The molecule has 0 amide bonds. The molecule has 31 heavy (non-hydrogen) atoms. The summed E-state index contributed by atoms with van der Waals surface area (Å²) in [5.41, 5.74) is 2.52. The average Bonchev–Trinajstić information content (AvgIpc) is 3.23. The molecule has 1 aliphatic rings. The van der Waals surface area contributed by atoms with Gasteiger partial charge in [-0.3, -0.25) is 4.98 Å². The Bertz CT molecular complexity index is 934. The predicted molar refractivity (Wildman–Crippen MR) is 117 cm³/mol. The standard InChI is InChI=1S/C23H31N7O/c1-18(2)22(29-14-12-28(13-15-29)16-20-8-10-24-11-9-20)23-25-26-27-30(23)17-19-4-6-21(31-3)7-5-19/h4-11,18,22H,12-17H2,1-3H3/p+2/t22-/m0/s1. The van der Waals surface area contributed by atoms with Gasteiger partial charge in [0.2, 0.25) is 5.82 Å². The molecule has 1 fully saturated rings. The molecule has 0 saturated carbocycles. The molecule has 0 bridgehead atoms. The van der Waals surface area contributed by atoms with Gasteiger partial charge in [0.05, 0.1) is 13.7 Å². The van der Waals surface area contributed by atoms with Crippen molar-refractivity contribution in [3.8, 4) is 5.75 Å². The van der Waals surface area contributed by atoms with Gasteiger partial charge in [-0.15, -0.1) is 5.10 Å². The SMILES string of the molecule is COc1ccc(Cn2nnnc2[C@H](C(C)C)[NH+]2CC[NH+](Cc3ccncc3)CC2)cc1. The highest BCUT2D eigenvalue weighted by molar-refractivity contribution is 5.27. The van der Waals surface area contributed by atoms with Crippen molar-refractivity contribution in [3.63, 3.8) is 0 Å². The molecule has 0 radical (unpaired) electrons. The van der Waals surface area contributed by atoms with Crippen LogP contribution in [0.4, 0.5) is 0 Å². The first-order chi connectivity index (χ1) is 15.1. The van der Waals surface area contributed by atoms with Crippen molar-refractivity contribution < 1.29 is 14.5 Å². The fourth-order valence-electron chi connectivity index (χ4n) is 4.60. The fraction of sp³-hybridized carbons (Fsp3) is 0.478. The van der Waals surface area contributed by atoms with Crippen molar-refractivity contribution in [1.29, 1.82) is 0 Å². The lowest BCUT2D eigenvalue weighted by Gasteiger charge is -2.35. The summed E-state index contributed by atoms with van der Waals surface area (Å²) in [6, 6.07) is 12.6. The van der Waals surface area contributed by atoms with E-state index in [4.69, 9.17) is 4.74 Å². The van der Waals surface area contributed by atoms with Gasteiger partial charge in [0.25, 0.3) is 0 Å². The minimum absolute atomic E-state index is 0.288. The maximum atomic E-state index is 5.27. The van der Waals surface area contributed by atoms with E-state index in [0.717, 1.165) is 44.3 Å². The largest absolute Gasteiger partial charge is 0.497 e. The van der Waals surface area contributed by atoms with Crippen LogP contribution in [0.5, 0.6) is 5.75 Å². The van der Waals surface area contributed by atoms with E-state index in [1.807, 2.05) is 29.2 Å². The first kappa shape index (κ1) is 21.4. The highest BCUT2D eigenvalue weighted by Gasteiger charge is 2.36. The monoisotopic (exact) mass is 423 g/mol. The summed E-state index contributed by atoms with van der Waals surface area (Å²) in [5, 5.41) is 12.8. The van der Waals surface area contributed by atoms with E-state index in [0.29, 0.717) is 12.5 Å². The second-order valence-electron chi connectivity index (χ2n) is 8.70. The Morgan fingerprint density at radius 1 is 0.968 bits per heavy atom. The summed E-state index contributed by atoms with van der Waals surface area (Å²) in [7, 11) is 1.68. The van der Waals surface area contributed by atoms with Gasteiger partial charge in [-0.05, 0) is 40.3 Å². The zero-order valence-electron chi connectivity index (χ0n) is 18.7. The second kappa shape index (κ2) is 9.98. The predicted octanol–water partition coefficient (Wildman–Crippen LogP) is -0.194. The van der Waals surface area contributed by atoms with Gasteiger partial charge in [-0.2, -0.15) is 0 Å². The van der Waals surface area contributed by atoms with Crippen molar-refractivity contribution in [2.45, 2.75) is 33.0 Å². The number of pyridine rings is 1. The first-order valence-corrected chi connectivity index (χ1v) is 11.1. The fourth-order valence-corrected chi connectivity index (χ4v) is 4.60. The van der Waals surface area contributed by atoms with Gasteiger partial charge in [-0.25, -0.2) is 4.68 Å². The minimum atomic E-state index is 0.288. The summed E-state index contributed by atoms with van der Waals surface area (Å²) in [4.78, 5) is 7.34.